The van der Waals surface area contributed by atoms with Gasteiger partial charge < -0.3 is 10.5 Å². The summed E-state index contributed by atoms with van der Waals surface area (Å²) in [6.45, 7) is 2.57. The van der Waals surface area contributed by atoms with E-state index in [0.717, 1.165) is 0 Å². The molecule has 0 saturated heterocycles. The molecule has 3 nitrogen and oxygen atoms in total. The fourth-order valence-corrected chi connectivity index (χ4v) is 1.69. The topological polar surface area (TPSA) is 52.3 Å². The molecule has 0 aliphatic carbocycles. The Balaban J connectivity index is 3.37. The highest BCUT2D eigenvalue weighted by Crippen LogP contribution is 1.95. The molecule has 0 radical (unpaired) electrons. The lowest BCUT2D eigenvalue weighted by Crippen LogP contribution is -2.19. The van der Waals surface area contributed by atoms with E-state index in [1.54, 1.807) is 7.11 Å². The number of hydrogen-bond donors (Lipinski definition) is 1. The van der Waals surface area contributed by atoms with Gasteiger partial charge in [-0.15, -0.1) is 0 Å². The first-order chi connectivity index (χ1) is 4.70. The van der Waals surface area contributed by atoms with Crippen molar-refractivity contribution in [3.05, 3.63) is 0 Å². The summed E-state index contributed by atoms with van der Waals surface area (Å²) in [6, 6.07) is 0. The maximum atomic E-state index is 10.9. The van der Waals surface area contributed by atoms with Crippen LogP contribution in [0.3, 0.4) is 0 Å². The Morgan fingerprint density at radius 1 is 1.70 bits per heavy atom. The Labute approximate surface area is 64.4 Å². The van der Waals surface area contributed by atoms with Gasteiger partial charge in [-0.05, 0) is 12.5 Å². The molecule has 0 aromatic rings. The van der Waals surface area contributed by atoms with Crippen molar-refractivity contribution < 1.29 is 8.95 Å². The summed E-state index contributed by atoms with van der Waals surface area (Å²) >= 11 is 0. The monoisotopic (exact) mass is 165 g/mol. The van der Waals surface area contributed by atoms with Gasteiger partial charge in [0.15, 0.2) is 0 Å². The van der Waals surface area contributed by atoms with Crippen molar-refractivity contribution in [3.63, 3.8) is 0 Å². The fourth-order valence-electron chi connectivity index (χ4n) is 0.565. The summed E-state index contributed by atoms with van der Waals surface area (Å²) in [5, 5.41) is 0. The Hall–Kier alpha value is 0.0700. The Kier molecular flexibility index (Phi) is 5.87. The van der Waals surface area contributed by atoms with Crippen LogP contribution in [0, 0.1) is 5.92 Å². The van der Waals surface area contributed by atoms with Gasteiger partial charge in [-0.1, -0.05) is 6.92 Å². The highest BCUT2D eigenvalue weighted by Gasteiger charge is 2.04. The Morgan fingerprint density at radius 2 is 2.30 bits per heavy atom. The molecule has 2 unspecified atom stereocenters. The van der Waals surface area contributed by atoms with Crippen LogP contribution in [0.1, 0.15) is 6.92 Å². The van der Waals surface area contributed by atoms with Gasteiger partial charge in [0.1, 0.15) is 5.94 Å². The molecule has 0 aliphatic rings. The van der Waals surface area contributed by atoms with Crippen LogP contribution < -0.4 is 5.73 Å². The Morgan fingerprint density at radius 3 is 2.70 bits per heavy atom. The minimum absolute atomic E-state index is 0.324. The van der Waals surface area contributed by atoms with Gasteiger partial charge in [-0.25, -0.2) is 0 Å². The predicted octanol–water partition coefficient (Wildman–Crippen LogP) is -0.0662. The third-order valence-electron chi connectivity index (χ3n) is 1.12. The number of hydrogen-bond acceptors (Lipinski definition) is 3. The lowest BCUT2D eigenvalue weighted by molar-refractivity contribution is 0.254. The van der Waals surface area contributed by atoms with Gasteiger partial charge >= 0.3 is 0 Å². The summed E-state index contributed by atoms with van der Waals surface area (Å²) in [6.07, 6.45) is 0. The second kappa shape index (κ2) is 5.82. The average molecular weight is 165 g/mol. The maximum absolute atomic E-state index is 10.9. The highest BCUT2D eigenvalue weighted by molar-refractivity contribution is 7.84. The molecule has 0 fully saturated rings. The summed E-state index contributed by atoms with van der Waals surface area (Å²) in [5.74, 6) is 1.30. The molecule has 62 valence electrons. The van der Waals surface area contributed by atoms with E-state index >= 15 is 0 Å². The second-order valence-corrected chi connectivity index (χ2v) is 3.80. The maximum Gasteiger partial charge on any atom is 0.121 e. The van der Waals surface area contributed by atoms with Gasteiger partial charge in [-0.3, -0.25) is 4.21 Å². The van der Waals surface area contributed by atoms with Gasteiger partial charge in [0.05, 0.1) is 0 Å². The van der Waals surface area contributed by atoms with Crippen molar-refractivity contribution in [2.24, 2.45) is 11.7 Å². The molecule has 0 aromatic heterocycles. The largest absolute Gasteiger partial charge is 0.371 e. The molecule has 0 bridgehead atoms. The summed E-state index contributed by atoms with van der Waals surface area (Å²) in [7, 11) is 0.694. The van der Waals surface area contributed by atoms with Crippen molar-refractivity contribution >= 4 is 10.8 Å². The molecule has 0 rings (SSSR count). The fraction of sp³-hybridized carbons (Fsp3) is 1.00. The van der Waals surface area contributed by atoms with E-state index < -0.39 is 10.8 Å². The predicted molar refractivity (Wildman–Crippen MR) is 43.1 cm³/mol. The summed E-state index contributed by atoms with van der Waals surface area (Å²) in [5.41, 5.74) is 5.34. The van der Waals surface area contributed by atoms with E-state index in [4.69, 9.17) is 10.5 Å². The zero-order valence-electron chi connectivity index (χ0n) is 6.50. The molecule has 0 aliphatic heterocycles. The molecule has 0 saturated carbocycles. The second-order valence-electron chi connectivity index (χ2n) is 2.35. The van der Waals surface area contributed by atoms with E-state index in [1.807, 2.05) is 6.92 Å². The van der Waals surface area contributed by atoms with Crippen LogP contribution >= 0.6 is 0 Å². The first-order valence-electron chi connectivity index (χ1n) is 3.24. The average Bonchev–Trinajstić information content (AvgIpc) is 1.88. The van der Waals surface area contributed by atoms with Crippen LogP contribution in [-0.4, -0.2) is 29.6 Å². The number of rotatable bonds is 5. The molecule has 2 atom stereocenters. The third kappa shape index (κ3) is 4.90. The van der Waals surface area contributed by atoms with Crippen molar-refractivity contribution in [1.29, 1.82) is 0 Å². The number of methoxy groups -OCH3 is 1. The molecule has 0 aromatic carbocycles. The summed E-state index contributed by atoms with van der Waals surface area (Å²) < 4.78 is 15.7. The van der Waals surface area contributed by atoms with E-state index in [-0.39, 0.29) is 0 Å². The molecule has 0 amide bonds. The van der Waals surface area contributed by atoms with Crippen molar-refractivity contribution in [3.8, 4) is 0 Å². The van der Waals surface area contributed by atoms with Crippen LogP contribution in [0.2, 0.25) is 0 Å². The highest BCUT2D eigenvalue weighted by atomic mass is 32.2. The van der Waals surface area contributed by atoms with Crippen molar-refractivity contribution in [2.45, 2.75) is 6.92 Å². The molecular weight excluding hydrogens is 150 g/mol. The van der Waals surface area contributed by atoms with Crippen molar-refractivity contribution in [1.82, 2.24) is 0 Å². The van der Waals surface area contributed by atoms with Crippen molar-refractivity contribution in [2.75, 3.05) is 25.3 Å². The van der Waals surface area contributed by atoms with Crippen LogP contribution in [-0.2, 0) is 15.5 Å². The lowest BCUT2D eigenvalue weighted by Gasteiger charge is -2.06. The molecule has 0 spiro atoms. The van der Waals surface area contributed by atoms with Gasteiger partial charge in [0.2, 0.25) is 0 Å². The molecule has 0 heterocycles. The van der Waals surface area contributed by atoms with E-state index in [0.29, 0.717) is 24.2 Å². The van der Waals surface area contributed by atoms with E-state index in [9.17, 15) is 4.21 Å². The Bertz CT molecular complexity index is 108. The molecule has 4 heteroatoms. The number of ether oxygens (including phenoxy) is 1. The third-order valence-corrected chi connectivity index (χ3v) is 2.56. The molecular formula is C6H15NO2S. The standard InChI is InChI=1S/C6H15NO2S/c1-6(3-7)4-10(8)5-9-2/h6H,3-5,7H2,1-2H3. The summed E-state index contributed by atoms with van der Waals surface area (Å²) in [4.78, 5) is 0. The van der Waals surface area contributed by atoms with Gasteiger partial charge in [0.25, 0.3) is 0 Å². The van der Waals surface area contributed by atoms with Gasteiger partial charge in [0, 0.05) is 23.7 Å². The first kappa shape index (κ1) is 10.1. The lowest BCUT2D eigenvalue weighted by atomic mass is 10.2. The van der Waals surface area contributed by atoms with Gasteiger partial charge in [-0.2, -0.15) is 0 Å². The quantitative estimate of drug-likeness (QED) is 0.620. The first-order valence-corrected chi connectivity index (χ1v) is 4.73. The zero-order chi connectivity index (χ0) is 7.98. The smallest absolute Gasteiger partial charge is 0.121 e. The number of nitrogens with two attached hydrogens (primary N) is 1. The normalized spacial score (nSPS) is 16.7. The zero-order valence-corrected chi connectivity index (χ0v) is 7.32. The van der Waals surface area contributed by atoms with Crippen LogP contribution in [0.4, 0.5) is 0 Å². The minimum Gasteiger partial charge on any atom is -0.371 e. The van der Waals surface area contributed by atoms with Crippen LogP contribution in [0.5, 0.6) is 0 Å². The van der Waals surface area contributed by atoms with Crippen LogP contribution in [0.25, 0.3) is 0 Å². The minimum atomic E-state index is -0.852. The van der Waals surface area contributed by atoms with Crippen LogP contribution in [0.15, 0.2) is 0 Å². The van der Waals surface area contributed by atoms with E-state index in [2.05, 4.69) is 0 Å². The molecule has 10 heavy (non-hydrogen) atoms. The SMILES string of the molecule is COCS(=O)CC(C)CN. The van der Waals surface area contributed by atoms with E-state index in [1.165, 1.54) is 0 Å². The molecule has 2 N–H and O–H groups in total.